The van der Waals surface area contributed by atoms with Gasteiger partial charge in [0.25, 0.3) is 11.3 Å². The summed E-state index contributed by atoms with van der Waals surface area (Å²) < 4.78 is 14.4. The van der Waals surface area contributed by atoms with E-state index in [1.54, 1.807) is 27.7 Å². The lowest BCUT2D eigenvalue weighted by molar-refractivity contribution is -0.796. The monoisotopic (exact) mass is 251 g/mol. The summed E-state index contributed by atoms with van der Waals surface area (Å²) in [6, 6.07) is 5.61. The van der Waals surface area contributed by atoms with Crippen LogP contribution >= 0.6 is 0 Å². The van der Waals surface area contributed by atoms with E-state index in [-0.39, 0.29) is 5.82 Å². The third-order valence-corrected chi connectivity index (χ3v) is 3.40. The topological polar surface area (TPSA) is 46.1 Å². The average molecular weight is 251 g/mol. The lowest BCUT2D eigenvalue weighted by atomic mass is 9.93. The molecule has 0 N–H and O–H groups in total. The third-order valence-electron chi connectivity index (χ3n) is 3.40. The van der Waals surface area contributed by atoms with Crippen molar-refractivity contribution < 1.29 is 13.9 Å². The Bertz CT molecular complexity index is 545. The molecule has 0 radical (unpaired) electrons. The largest absolute Gasteiger partial charge is 0.618 e. The van der Waals surface area contributed by atoms with Crippen molar-refractivity contribution in [1.82, 2.24) is 0 Å². The van der Waals surface area contributed by atoms with Gasteiger partial charge in [-0.25, -0.2) is 4.39 Å². The van der Waals surface area contributed by atoms with Gasteiger partial charge in [-0.05, 0) is 24.3 Å². The summed E-state index contributed by atoms with van der Waals surface area (Å²) in [5, 5.41) is 12.3. The van der Waals surface area contributed by atoms with Gasteiger partial charge in [0, 0.05) is 18.8 Å². The zero-order chi connectivity index (χ0) is 13.7. The maximum absolute atomic E-state index is 12.9. The van der Waals surface area contributed by atoms with Gasteiger partial charge >= 0.3 is 5.66 Å². The van der Waals surface area contributed by atoms with Crippen molar-refractivity contribution in [1.29, 1.82) is 0 Å². The van der Waals surface area contributed by atoms with Crippen molar-refractivity contribution in [3.8, 4) is 0 Å². The van der Waals surface area contributed by atoms with E-state index in [1.165, 1.54) is 24.3 Å². The highest BCUT2D eigenvalue weighted by Crippen LogP contribution is 2.32. The lowest BCUT2D eigenvalue weighted by Crippen LogP contribution is -2.44. The van der Waals surface area contributed by atoms with Crippen LogP contribution in [0.15, 0.2) is 24.3 Å². The maximum atomic E-state index is 12.9. The van der Waals surface area contributed by atoms with Gasteiger partial charge in [-0.15, -0.1) is 4.74 Å². The van der Waals surface area contributed by atoms with E-state index in [4.69, 9.17) is 0 Å². The molecule has 2 rings (SSSR count). The highest BCUT2D eigenvalue weighted by molar-refractivity contribution is 6.03. The molecule has 1 aliphatic rings. The van der Waals surface area contributed by atoms with E-state index in [0.29, 0.717) is 16.0 Å². The zero-order valence-electron chi connectivity index (χ0n) is 10.9. The Morgan fingerprint density at radius 2 is 1.61 bits per heavy atom. The van der Waals surface area contributed by atoms with Crippen LogP contribution in [-0.4, -0.2) is 26.4 Å². The number of nitrogens with zero attached hydrogens (tertiary/aromatic N) is 2. The van der Waals surface area contributed by atoms with Gasteiger partial charge in [0.05, 0.1) is 24.2 Å². The molecule has 18 heavy (non-hydrogen) atoms. The number of nitroso groups, excluding NO2 is 1. The van der Waals surface area contributed by atoms with Gasteiger partial charge in [-0.1, -0.05) is 0 Å². The number of hydrogen-bond acceptors (Lipinski definition) is 2. The molecule has 0 fully saturated rings. The molecule has 1 aromatic carbocycles. The molecule has 0 unspecified atom stereocenters. The van der Waals surface area contributed by atoms with Crippen molar-refractivity contribution in [2.24, 2.45) is 0 Å². The molecule has 0 amide bonds. The first kappa shape index (κ1) is 12.7. The number of hydrogen-bond donors (Lipinski definition) is 0. The smallest absolute Gasteiger partial charge is 0.401 e. The minimum Gasteiger partial charge on any atom is -0.618 e. The van der Waals surface area contributed by atoms with E-state index in [0.717, 1.165) is 4.76 Å². The normalized spacial score (nSPS) is 21.5. The summed E-state index contributed by atoms with van der Waals surface area (Å²) in [7, 11) is 0. The van der Waals surface area contributed by atoms with Gasteiger partial charge in [0.15, 0.2) is 0 Å². The molecule has 1 aromatic rings. The predicted octanol–water partition coefficient (Wildman–Crippen LogP) is 2.43. The van der Waals surface area contributed by atoms with Crippen molar-refractivity contribution in [2.45, 2.75) is 38.9 Å². The molecule has 0 atom stereocenters. The van der Waals surface area contributed by atoms with Crippen LogP contribution in [0.4, 0.5) is 4.39 Å². The first-order valence-electron chi connectivity index (χ1n) is 5.77. The zero-order valence-corrected chi connectivity index (χ0v) is 10.9. The molecule has 5 heteroatoms. The number of hydroxylamine groups is 1. The summed E-state index contributed by atoms with van der Waals surface area (Å²) >= 11 is 0. The minimum absolute atomic E-state index is 0.363. The summed E-state index contributed by atoms with van der Waals surface area (Å²) in [6.45, 7) is 6.53. The van der Waals surface area contributed by atoms with E-state index < -0.39 is 11.2 Å². The van der Waals surface area contributed by atoms with Crippen molar-refractivity contribution in [3.05, 3.63) is 45.8 Å². The molecule has 1 aliphatic heterocycles. The van der Waals surface area contributed by atoms with Gasteiger partial charge in [-0.2, -0.15) is 0 Å². The number of rotatable bonds is 1. The van der Waals surface area contributed by atoms with Gasteiger partial charge < -0.3 is 5.21 Å². The Hall–Kier alpha value is -1.78. The SMILES string of the molecule is CC1(C)C(c2ccc(F)cc2)=[N+]([O-])C(C)(C)[N+]1=O. The van der Waals surface area contributed by atoms with Crippen LogP contribution < -0.4 is 0 Å². The Labute approximate surface area is 105 Å². The van der Waals surface area contributed by atoms with E-state index in [9.17, 15) is 14.5 Å². The van der Waals surface area contributed by atoms with Gasteiger partial charge in [-0.3, -0.25) is 0 Å². The van der Waals surface area contributed by atoms with Crippen LogP contribution in [0.2, 0.25) is 0 Å². The fourth-order valence-electron chi connectivity index (χ4n) is 2.46. The Morgan fingerprint density at radius 1 is 1.11 bits per heavy atom. The molecule has 0 spiro atoms. The lowest BCUT2D eigenvalue weighted by Gasteiger charge is -2.10. The van der Waals surface area contributed by atoms with Crippen molar-refractivity contribution in [2.75, 3.05) is 0 Å². The Morgan fingerprint density at radius 3 is 2.00 bits per heavy atom. The first-order valence-corrected chi connectivity index (χ1v) is 5.77. The standard InChI is InChI=1S/C13H16FN2O2/c1-12(2)11(9-5-7-10(14)8-6-9)15(17)13(3,4)16(12)18/h5-8H,1-4H3/q+1. The Balaban J connectivity index is 2.65. The van der Waals surface area contributed by atoms with Crippen LogP contribution in [0.25, 0.3) is 0 Å². The van der Waals surface area contributed by atoms with E-state index in [2.05, 4.69) is 0 Å². The van der Waals surface area contributed by atoms with E-state index in [1.807, 2.05) is 0 Å². The molecule has 0 bridgehead atoms. The molecular formula is C13H16FN2O2+. The number of halogens is 1. The summed E-state index contributed by atoms with van der Waals surface area (Å²) in [4.78, 5) is 12.2. The van der Waals surface area contributed by atoms with Crippen LogP contribution in [-0.2, 0) is 0 Å². The molecule has 0 aliphatic carbocycles. The molecule has 4 nitrogen and oxygen atoms in total. The highest BCUT2D eigenvalue weighted by atomic mass is 19.1. The van der Waals surface area contributed by atoms with Crippen LogP contribution in [0.5, 0.6) is 0 Å². The molecule has 1 heterocycles. The van der Waals surface area contributed by atoms with Crippen molar-refractivity contribution in [3.63, 3.8) is 0 Å². The second-order valence-electron chi connectivity index (χ2n) is 5.50. The molecule has 96 valence electrons. The fourth-order valence-corrected chi connectivity index (χ4v) is 2.46. The third kappa shape index (κ3) is 1.54. The summed E-state index contributed by atoms with van der Waals surface area (Å²) in [5.41, 5.74) is -1.17. The molecular weight excluding hydrogens is 235 g/mol. The number of benzene rings is 1. The van der Waals surface area contributed by atoms with E-state index >= 15 is 0 Å². The maximum Gasteiger partial charge on any atom is 0.401 e. The van der Waals surface area contributed by atoms with Crippen molar-refractivity contribution >= 4 is 5.71 Å². The quantitative estimate of drug-likeness (QED) is 0.568. The second-order valence-corrected chi connectivity index (χ2v) is 5.50. The minimum atomic E-state index is -1.16. The van der Waals surface area contributed by atoms with Crippen LogP contribution in [0, 0.1) is 15.9 Å². The Kier molecular flexibility index (Phi) is 2.54. The average Bonchev–Trinajstić information content (AvgIpc) is 2.40. The fraction of sp³-hybridized carbons (Fsp3) is 0.462. The summed E-state index contributed by atoms with van der Waals surface area (Å²) in [6.07, 6.45) is 0. The summed E-state index contributed by atoms with van der Waals surface area (Å²) in [5.74, 6) is -0.370. The van der Waals surface area contributed by atoms with Crippen LogP contribution in [0.1, 0.15) is 33.3 Å². The highest BCUT2D eigenvalue weighted by Gasteiger charge is 2.66. The van der Waals surface area contributed by atoms with Gasteiger partial charge in [0.2, 0.25) is 0 Å². The van der Waals surface area contributed by atoms with Gasteiger partial charge in [0.1, 0.15) is 5.82 Å². The van der Waals surface area contributed by atoms with Crippen LogP contribution in [0.3, 0.4) is 0 Å². The second kappa shape index (κ2) is 3.60. The predicted molar refractivity (Wildman–Crippen MR) is 65.9 cm³/mol. The first-order chi connectivity index (χ1) is 8.19. The molecule has 0 saturated carbocycles. The molecule has 0 saturated heterocycles. The molecule has 0 aromatic heterocycles.